The van der Waals surface area contributed by atoms with Gasteiger partial charge < -0.3 is 20.3 Å². The summed E-state index contributed by atoms with van der Waals surface area (Å²) in [4.78, 5) is 24.1. The third kappa shape index (κ3) is 2.58. The van der Waals surface area contributed by atoms with Gasteiger partial charge in [0, 0.05) is 5.56 Å². The van der Waals surface area contributed by atoms with E-state index in [4.69, 9.17) is 4.74 Å². The first-order chi connectivity index (χ1) is 11.5. The average Bonchev–Trinajstić information content (AvgIpc) is 2.90. The van der Waals surface area contributed by atoms with E-state index in [1.807, 2.05) is 0 Å². The van der Waals surface area contributed by atoms with Gasteiger partial charge in [0.15, 0.2) is 11.5 Å². The molecular formula is C18H15NO5. The minimum atomic E-state index is -0.820. The van der Waals surface area contributed by atoms with Gasteiger partial charge in [0.1, 0.15) is 5.76 Å². The number of phenolic OH excluding ortho intramolecular Hbond substituents is 1. The van der Waals surface area contributed by atoms with Crippen molar-refractivity contribution in [3.05, 3.63) is 65.2 Å². The molecular weight excluding hydrogens is 310 g/mol. The first-order valence-electron chi connectivity index (χ1n) is 7.23. The Kier molecular flexibility index (Phi) is 3.95. The summed E-state index contributed by atoms with van der Waals surface area (Å²) in [5, 5.41) is 22.7. The molecule has 0 aliphatic carbocycles. The summed E-state index contributed by atoms with van der Waals surface area (Å²) < 4.78 is 5.05. The molecule has 6 heteroatoms. The van der Waals surface area contributed by atoms with Crippen LogP contribution in [0.5, 0.6) is 11.5 Å². The quantitative estimate of drug-likeness (QED) is 0.456. The van der Waals surface area contributed by atoms with Crippen LogP contribution in [0.3, 0.4) is 0 Å². The number of ether oxygens (including phenoxy) is 1. The lowest BCUT2D eigenvalue weighted by atomic mass is 9.95. The number of ketones is 1. The second-order valence-electron chi connectivity index (χ2n) is 5.30. The fourth-order valence-electron chi connectivity index (χ4n) is 2.64. The van der Waals surface area contributed by atoms with Crippen molar-refractivity contribution in [1.82, 2.24) is 5.32 Å². The van der Waals surface area contributed by atoms with Crippen molar-refractivity contribution in [3.63, 3.8) is 0 Å². The Balaban J connectivity index is 2.13. The van der Waals surface area contributed by atoms with E-state index < -0.39 is 17.7 Å². The number of hydrogen-bond donors (Lipinski definition) is 3. The summed E-state index contributed by atoms with van der Waals surface area (Å²) in [6.45, 7) is 0. The third-order valence-corrected chi connectivity index (χ3v) is 3.85. The SMILES string of the molecule is COc1cc(C2NC(=O)C(=O)/C2=C(/O)c2ccccc2)ccc1O. The fourth-order valence-corrected chi connectivity index (χ4v) is 2.64. The van der Waals surface area contributed by atoms with Crippen LogP contribution in [-0.4, -0.2) is 29.0 Å². The van der Waals surface area contributed by atoms with Crippen molar-refractivity contribution in [2.75, 3.05) is 7.11 Å². The van der Waals surface area contributed by atoms with E-state index in [0.717, 1.165) is 0 Å². The maximum atomic E-state index is 12.2. The zero-order valence-electron chi connectivity index (χ0n) is 12.8. The zero-order valence-corrected chi connectivity index (χ0v) is 12.8. The topological polar surface area (TPSA) is 95.9 Å². The third-order valence-electron chi connectivity index (χ3n) is 3.85. The molecule has 122 valence electrons. The van der Waals surface area contributed by atoms with Crippen molar-refractivity contribution in [3.8, 4) is 11.5 Å². The molecule has 3 N–H and O–H groups in total. The van der Waals surface area contributed by atoms with Crippen LogP contribution in [-0.2, 0) is 9.59 Å². The predicted octanol–water partition coefficient (Wildman–Crippen LogP) is 2.11. The van der Waals surface area contributed by atoms with Crippen LogP contribution in [0.15, 0.2) is 54.1 Å². The Hall–Kier alpha value is -3.28. The molecule has 0 bridgehead atoms. The van der Waals surface area contributed by atoms with Crippen LogP contribution in [0.2, 0.25) is 0 Å². The van der Waals surface area contributed by atoms with Gasteiger partial charge in [-0.15, -0.1) is 0 Å². The molecule has 2 aromatic carbocycles. The van der Waals surface area contributed by atoms with Crippen molar-refractivity contribution in [1.29, 1.82) is 0 Å². The molecule has 0 spiro atoms. The normalized spacial score (nSPS) is 19.1. The van der Waals surface area contributed by atoms with E-state index in [1.54, 1.807) is 36.4 Å². The number of aromatic hydroxyl groups is 1. The molecule has 1 fully saturated rings. The Bertz CT molecular complexity index is 842. The minimum Gasteiger partial charge on any atom is -0.507 e. The first kappa shape index (κ1) is 15.6. The highest BCUT2D eigenvalue weighted by Gasteiger charge is 2.39. The molecule has 2 aromatic rings. The van der Waals surface area contributed by atoms with Crippen LogP contribution in [0.25, 0.3) is 5.76 Å². The number of carbonyl (C=O) groups excluding carboxylic acids is 2. The molecule has 1 atom stereocenters. The molecule has 0 radical (unpaired) electrons. The highest BCUT2D eigenvalue weighted by atomic mass is 16.5. The largest absolute Gasteiger partial charge is 0.507 e. The molecule has 1 amide bonds. The average molecular weight is 325 g/mol. The van der Waals surface area contributed by atoms with E-state index >= 15 is 0 Å². The Morgan fingerprint density at radius 2 is 1.83 bits per heavy atom. The predicted molar refractivity (Wildman–Crippen MR) is 86.5 cm³/mol. The lowest BCUT2D eigenvalue weighted by Gasteiger charge is -2.15. The summed E-state index contributed by atoms with van der Waals surface area (Å²) >= 11 is 0. The standard InChI is InChI=1S/C18H15NO5/c1-24-13-9-11(7-8-12(13)20)15-14(17(22)18(23)19-15)16(21)10-5-3-2-4-6-10/h2-9,15,20-21H,1H3,(H,19,23)/b16-14+. The number of aliphatic hydroxyl groups is 1. The Labute approximate surface area is 138 Å². The number of phenols is 1. The summed E-state index contributed by atoms with van der Waals surface area (Å²) in [7, 11) is 1.40. The van der Waals surface area contributed by atoms with Gasteiger partial charge in [0.05, 0.1) is 18.7 Å². The molecule has 0 aromatic heterocycles. The molecule has 3 rings (SSSR count). The number of hydrogen-bond acceptors (Lipinski definition) is 5. The molecule has 0 saturated carbocycles. The number of carbonyl (C=O) groups is 2. The monoisotopic (exact) mass is 325 g/mol. The number of nitrogens with one attached hydrogen (secondary N) is 1. The van der Waals surface area contributed by atoms with Crippen molar-refractivity contribution >= 4 is 17.4 Å². The highest BCUT2D eigenvalue weighted by Crippen LogP contribution is 2.36. The molecule has 1 aliphatic rings. The minimum absolute atomic E-state index is 0.0288. The second-order valence-corrected chi connectivity index (χ2v) is 5.30. The van der Waals surface area contributed by atoms with Gasteiger partial charge in [-0.1, -0.05) is 36.4 Å². The van der Waals surface area contributed by atoms with Gasteiger partial charge in [-0.25, -0.2) is 0 Å². The van der Waals surface area contributed by atoms with Crippen LogP contribution in [0.1, 0.15) is 17.2 Å². The number of rotatable bonds is 3. The van der Waals surface area contributed by atoms with Gasteiger partial charge in [-0.3, -0.25) is 9.59 Å². The number of Topliss-reactive ketones (excluding diaryl/α,β-unsaturated/α-hetero) is 1. The van der Waals surface area contributed by atoms with Crippen molar-refractivity contribution in [2.45, 2.75) is 6.04 Å². The number of aliphatic hydroxyl groups excluding tert-OH is 1. The van der Waals surface area contributed by atoms with Gasteiger partial charge in [-0.2, -0.15) is 0 Å². The lowest BCUT2D eigenvalue weighted by Crippen LogP contribution is -2.21. The van der Waals surface area contributed by atoms with E-state index in [-0.39, 0.29) is 22.8 Å². The smallest absolute Gasteiger partial charge is 0.293 e. The van der Waals surface area contributed by atoms with Crippen LogP contribution in [0, 0.1) is 0 Å². The summed E-state index contributed by atoms with van der Waals surface area (Å²) in [6, 6.07) is 12.2. The molecule has 1 heterocycles. The summed E-state index contributed by atoms with van der Waals surface area (Å²) in [6.07, 6.45) is 0. The van der Waals surface area contributed by atoms with E-state index in [2.05, 4.69) is 5.32 Å². The molecule has 6 nitrogen and oxygen atoms in total. The summed E-state index contributed by atoms with van der Waals surface area (Å²) in [5.74, 6) is -1.68. The van der Waals surface area contributed by atoms with Gasteiger partial charge in [0.2, 0.25) is 0 Å². The van der Waals surface area contributed by atoms with Crippen LogP contribution < -0.4 is 10.1 Å². The van der Waals surface area contributed by atoms with Gasteiger partial charge in [-0.05, 0) is 17.7 Å². The van der Waals surface area contributed by atoms with E-state index in [0.29, 0.717) is 11.1 Å². The molecule has 1 saturated heterocycles. The molecule has 1 unspecified atom stereocenters. The fraction of sp³-hybridized carbons (Fsp3) is 0.111. The molecule has 1 aliphatic heterocycles. The van der Waals surface area contributed by atoms with Crippen molar-refractivity contribution < 1.29 is 24.5 Å². The zero-order chi connectivity index (χ0) is 17.3. The molecule has 24 heavy (non-hydrogen) atoms. The maximum absolute atomic E-state index is 12.2. The van der Waals surface area contributed by atoms with Gasteiger partial charge in [0.25, 0.3) is 11.7 Å². The number of amides is 1. The Morgan fingerprint density at radius 1 is 1.12 bits per heavy atom. The van der Waals surface area contributed by atoms with E-state index in [1.165, 1.54) is 19.2 Å². The second kappa shape index (κ2) is 6.08. The first-order valence-corrected chi connectivity index (χ1v) is 7.23. The van der Waals surface area contributed by atoms with Crippen LogP contribution >= 0.6 is 0 Å². The van der Waals surface area contributed by atoms with Gasteiger partial charge >= 0.3 is 0 Å². The van der Waals surface area contributed by atoms with Crippen LogP contribution in [0.4, 0.5) is 0 Å². The number of benzene rings is 2. The summed E-state index contributed by atoms with van der Waals surface area (Å²) in [5.41, 5.74) is 0.924. The van der Waals surface area contributed by atoms with E-state index in [9.17, 15) is 19.8 Å². The highest BCUT2D eigenvalue weighted by molar-refractivity contribution is 6.46. The lowest BCUT2D eigenvalue weighted by molar-refractivity contribution is -0.133. The van der Waals surface area contributed by atoms with Crippen molar-refractivity contribution in [2.24, 2.45) is 0 Å². The maximum Gasteiger partial charge on any atom is 0.293 e. The Morgan fingerprint density at radius 3 is 2.50 bits per heavy atom. The number of methoxy groups -OCH3 is 1.